The number of nitrogens with one attached hydrogen (secondary N) is 1. The van der Waals surface area contributed by atoms with Crippen molar-refractivity contribution in [1.82, 2.24) is 9.29 Å². The Morgan fingerprint density at radius 1 is 1.15 bits per heavy atom. The zero-order valence-electron chi connectivity index (χ0n) is 14.8. The monoisotopic (exact) mass is 377 g/mol. The van der Waals surface area contributed by atoms with Gasteiger partial charge in [-0.1, -0.05) is 19.9 Å². The maximum atomic E-state index is 12.8. The average Bonchev–Trinajstić information content (AvgIpc) is 2.63. The highest BCUT2D eigenvalue weighted by Gasteiger charge is 2.24. The molecule has 0 unspecified atom stereocenters. The lowest BCUT2D eigenvalue weighted by atomic mass is 10.2. The molecular formula is C18H23N3O4S. The lowest BCUT2D eigenvalue weighted by molar-refractivity contribution is 0.102. The third-order valence-corrected chi connectivity index (χ3v) is 5.59. The maximum absolute atomic E-state index is 12.8. The summed E-state index contributed by atoms with van der Waals surface area (Å²) in [6, 6.07) is 8.78. The van der Waals surface area contributed by atoms with E-state index in [1.54, 1.807) is 0 Å². The SMILES string of the molecule is CCCN(CCC)S(=O)(=O)c1cccc(C(=O)Nc2ncccc2O)c1. The standard InChI is InChI=1S/C18H23N3O4S/c1-3-11-21(12-4-2)26(24,25)15-8-5-7-14(13-15)18(23)20-17-16(22)9-6-10-19-17/h5-10,13,22H,3-4,11-12H2,1-2H3,(H,19,20,23). The number of carbonyl (C=O) groups is 1. The van der Waals surface area contributed by atoms with E-state index < -0.39 is 15.9 Å². The number of nitrogens with zero attached hydrogens (tertiary/aromatic N) is 2. The van der Waals surface area contributed by atoms with Crippen LogP contribution in [0.5, 0.6) is 5.75 Å². The molecule has 2 aromatic rings. The highest BCUT2D eigenvalue weighted by atomic mass is 32.2. The number of benzene rings is 1. The van der Waals surface area contributed by atoms with Gasteiger partial charge >= 0.3 is 0 Å². The van der Waals surface area contributed by atoms with Crippen molar-refractivity contribution >= 4 is 21.7 Å². The zero-order valence-corrected chi connectivity index (χ0v) is 15.7. The van der Waals surface area contributed by atoms with Crippen LogP contribution in [-0.2, 0) is 10.0 Å². The maximum Gasteiger partial charge on any atom is 0.256 e. The molecule has 0 saturated carbocycles. The Labute approximate surface area is 153 Å². The Balaban J connectivity index is 2.29. The number of amides is 1. The van der Waals surface area contributed by atoms with Crippen LogP contribution in [0.25, 0.3) is 0 Å². The summed E-state index contributed by atoms with van der Waals surface area (Å²) in [5.41, 5.74) is 0.170. The van der Waals surface area contributed by atoms with Crippen LogP contribution in [0.15, 0.2) is 47.5 Å². The van der Waals surface area contributed by atoms with Gasteiger partial charge in [0.1, 0.15) is 0 Å². The van der Waals surface area contributed by atoms with E-state index in [2.05, 4.69) is 10.3 Å². The molecule has 0 fully saturated rings. The second-order valence-corrected chi connectivity index (χ2v) is 7.70. The minimum Gasteiger partial charge on any atom is -0.504 e. The minimum atomic E-state index is -3.67. The molecule has 1 aromatic heterocycles. The molecule has 2 rings (SSSR count). The van der Waals surface area contributed by atoms with Crippen LogP contribution in [0.4, 0.5) is 5.82 Å². The molecule has 0 bridgehead atoms. The fourth-order valence-corrected chi connectivity index (χ4v) is 4.14. The number of sulfonamides is 1. The number of hydrogen-bond acceptors (Lipinski definition) is 5. The molecule has 0 spiro atoms. The van der Waals surface area contributed by atoms with Gasteiger partial charge in [0.2, 0.25) is 10.0 Å². The van der Waals surface area contributed by atoms with Crippen molar-refractivity contribution in [1.29, 1.82) is 0 Å². The number of rotatable bonds is 8. The molecule has 0 atom stereocenters. The molecule has 0 radical (unpaired) electrons. The highest BCUT2D eigenvalue weighted by Crippen LogP contribution is 2.21. The topological polar surface area (TPSA) is 99.6 Å². The molecule has 2 N–H and O–H groups in total. The van der Waals surface area contributed by atoms with E-state index in [0.29, 0.717) is 25.9 Å². The molecule has 0 aliphatic heterocycles. The van der Waals surface area contributed by atoms with Gasteiger partial charge in [0.15, 0.2) is 11.6 Å². The van der Waals surface area contributed by atoms with Crippen molar-refractivity contribution in [2.24, 2.45) is 0 Å². The number of carbonyl (C=O) groups excluding carboxylic acids is 1. The van der Waals surface area contributed by atoms with E-state index in [9.17, 15) is 18.3 Å². The summed E-state index contributed by atoms with van der Waals surface area (Å²) >= 11 is 0. The molecule has 0 aliphatic carbocycles. The summed E-state index contributed by atoms with van der Waals surface area (Å²) in [7, 11) is -3.67. The molecule has 1 amide bonds. The van der Waals surface area contributed by atoms with Gasteiger partial charge in [0, 0.05) is 24.8 Å². The van der Waals surface area contributed by atoms with Gasteiger partial charge in [0.25, 0.3) is 5.91 Å². The van der Waals surface area contributed by atoms with Crippen LogP contribution >= 0.6 is 0 Å². The second-order valence-electron chi connectivity index (χ2n) is 5.76. The van der Waals surface area contributed by atoms with E-state index in [-0.39, 0.29) is 22.0 Å². The van der Waals surface area contributed by atoms with E-state index in [4.69, 9.17) is 0 Å². The third kappa shape index (κ3) is 4.59. The van der Waals surface area contributed by atoms with E-state index in [1.807, 2.05) is 13.8 Å². The first-order valence-electron chi connectivity index (χ1n) is 8.45. The number of pyridine rings is 1. The van der Waals surface area contributed by atoms with Crippen molar-refractivity contribution in [2.75, 3.05) is 18.4 Å². The second kappa shape index (κ2) is 8.77. The van der Waals surface area contributed by atoms with Crippen LogP contribution < -0.4 is 5.32 Å². The van der Waals surface area contributed by atoms with Gasteiger partial charge in [-0.25, -0.2) is 13.4 Å². The molecule has 1 heterocycles. The number of hydrogen-bond donors (Lipinski definition) is 2. The van der Waals surface area contributed by atoms with Crippen LogP contribution in [-0.4, -0.2) is 41.8 Å². The molecule has 1 aromatic carbocycles. The van der Waals surface area contributed by atoms with Crippen LogP contribution in [0.1, 0.15) is 37.0 Å². The lowest BCUT2D eigenvalue weighted by Crippen LogP contribution is -2.32. The Morgan fingerprint density at radius 3 is 2.46 bits per heavy atom. The molecule has 26 heavy (non-hydrogen) atoms. The summed E-state index contributed by atoms with van der Waals surface area (Å²) in [5, 5.41) is 12.2. The number of aromatic hydroxyl groups is 1. The largest absolute Gasteiger partial charge is 0.504 e. The summed E-state index contributed by atoms with van der Waals surface area (Å²) in [6.45, 7) is 4.69. The smallest absolute Gasteiger partial charge is 0.256 e. The fourth-order valence-electron chi connectivity index (χ4n) is 2.47. The summed E-state index contributed by atoms with van der Waals surface area (Å²) in [6.07, 6.45) is 2.85. The quantitative estimate of drug-likeness (QED) is 0.737. The Bertz CT molecular complexity index is 862. The molecule has 8 heteroatoms. The molecule has 140 valence electrons. The van der Waals surface area contributed by atoms with Gasteiger partial charge in [-0.15, -0.1) is 0 Å². The van der Waals surface area contributed by atoms with Gasteiger partial charge in [0.05, 0.1) is 4.90 Å². The van der Waals surface area contributed by atoms with Crippen molar-refractivity contribution < 1.29 is 18.3 Å². The fraction of sp³-hybridized carbons (Fsp3) is 0.333. The van der Waals surface area contributed by atoms with E-state index >= 15 is 0 Å². The molecule has 0 saturated heterocycles. The van der Waals surface area contributed by atoms with Crippen LogP contribution in [0, 0.1) is 0 Å². The van der Waals surface area contributed by atoms with Crippen LogP contribution in [0.2, 0.25) is 0 Å². The zero-order chi connectivity index (χ0) is 19.2. The Hall–Kier alpha value is -2.45. The molecular weight excluding hydrogens is 354 g/mol. The first kappa shape index (κ1) is 19.9. The normalized spacial score (nSPS) is 11.5. The minimum absolute atomic E-state index is 0.0179. The van der Waals surface area contributed by atoms with Gasteiger partial charge in [-0.2, -0.15) is 4.31 Å². The number of aromatic nitrogens is 1. The van der Waals surface area contributed by atoms with Crippen molar-refractivity contribution in [3.63, 3.8) is 0 Å². The van der Waals surface area contributed by atoms with E-state index in [1.165, 1.54) is 46.9 Å². The summed E-state index contributed by atoms with van der Waals surface area (Å²) in [4.78, 5) is 16.3. The Kier molecular flexibility index (Phi) is 6.70. The van der Waals surface area contributed by atoms with Crippen LogP contribution in [0.3, 0.4) is 0 Å². The number of anilines is 1. The van der Waals surface area contributed by atoms with Crippen molar-refractivity contribution in [3.8, 4) is 5.75 Å². The van der Waals surface area contributed by atoms with E-state index in [0.717, 1.165) is 0 Å². The third-order valence-electron chi connectivity index (χ3n) is 3.70. The van der Waals surface area contributed by atoms with Gasteiger partial charge < -0.3 is 10.4 Å². The Morgan fingerprint density at radius 2 is 1.85 bits per heavy atom. The van der Waals surface area contributed by atoms with Crippen molar-refractivity contribution in [2.45, 2.75) is 31.6 Å². The lowest BCUT2D eigenvalue weighted by Gasteiger charge is -2.21. The first-order valence-corrected chi connectivity index (χ1v) is 9.89. The summed E-state index contributed by atoms with van der Waals surface area (Å²) < 4.78 is 27.1. The van der Waals surface area contributed by atoms with Gasteiger partial charge in [-0.3, -0.25) is 4.79 Å². The first-order chi connectivity index (χ1) is 12.4. The van der Waals surface area contributed by atoms with Crippen molar-refractivity contribution in [3.05, 3.63) is 48.2 Å². The predicted molar refractivity (Wildman–Crippen MR) is 99.6 cm³/mol. The molecule has 0 aliphatic rings. The highest BCUT2D eigenvalue weighted by molar-refractivity contribution is 7.89. The predicted octanol–water partition coefficient (Wildman–Crippen LogP) is 2.85. The summed E-state index contributed by atoms with van der Waals surface area (Å²) in [5.74, 6) is -0.695. The molecule has 7 nitrogen and oxygen atoms in total. The van der Waals surface area contributed by atoms with Gasteiger partial charge in [-0.05, 0) is 43.2 Å². The average molecular weight is 377 g/mol.